The van der Waals surface area contributed by atoms with Gasteiger partial charge in [0.2, 0.25) is 0 Å². The third kappa shape index (κ3) is 2.65. The first-order chi connectivity index (χ1) is 11.2. The van der Waals surface area contributed by atoms with Gasteiger partial charge < -0.3 is 9.42 Å². The number of amides is 1. The lowest BCUT2D eigenvalue weighted by Gasteiger charge is -2.25. The Morgan fingerprint density at radius 3 is 2.78 bits per heavy atom. The summed E-state index contributed by atoms with van der Waals surface area (Å²) in [6.45, 7) is 1.59. The third-order valence-electron chi connectivity index (χ3n) is 5.22. The molecule has 4 rings (SSSR count). The number of benzene rings is 1. The van der Waals surface area contributed by atoms with Crippen molar-refractivity contribution in [3.63, 3.8) is 0 Å². The van der Waals surface area contributed by atoms with Crippen LogP contribution in [0, 0.1) is 0 Å². The van der Waals surface area contributed by atoms with Crippen molar-refractivity contribution in [3.8, 4) is 11.3 Å². The molecule has 2 bridgehead atoms. The zero-order valence-corrected chi connectivity index (χ0v) is 13.3. The topological polar surface area (TPSA) is 49.6 Å². The maximum Gasteiger partial charge on any atom is 0.276 e. The summed E-state index contributed by atoms with van der Waals surface area (Å²) in [4.78, 5) is 17.1. The summed E-state index contributed by atoms with van der Waals surface area (Å²) in [7, 11) is 2.18. The van der Waals surface area contributed by atoms with Crippen molar-refractivity contribution in [1.82, 2.24) is 15.0 Å². The minimum atomic E-state index is -0.0168. The largest absolute Gasteiger partial charge is 0.355 e. The van der Waals surface area contributed by atoms with Gasteiger partial charge in [0.1, 0.15) is 0 Å². The molecular weight excluding hydrogens is 290 g/mol. The molecule has 1 aromatic carbocycles. The van der Waals surface area contributed by atoms with Gasteiger partial charge in [-0.2, -0.15) is 0 Å². The van der Waals surface area contributed by atoms with Gasteiger partial charge in [-0.15, -0.1) is 0 Å². The molecule has 2 fully saturated rings. The molecule has 1 aromatic heterocycles. The molecule has 2 atom stereocenters. The van der Waals surface area contributed by atoms with E-state index < -0.39 is 0 Å². The van der Waals surface area contributed by atoms with Gasteiger partial charge in [0.15, 0.2) is 11.5 Å². The van der Waals surface area contributed by atoms with E-state index in [1.54, 1.807) is 6.07 Å². The molecule has 5 heteroatoms. The maximum atomic E-state index is 12.8. The van der Waals surface area contributed by atoms with Crippen molar-refractivity contribution in [3.05, 3.63) is 42.1 Å². The first-order valence-electron chi connectivity index (χ1n) is 8.26. The van der Waals surface area contributed by atoms with Crippen LogP contribution in [0.5, 0.6) is 0 Å². The zero-order chi connectivity index (χ0) is 15.8. The van der Waals surface area contributed by atoms with Gasteiger partial charge >= 0.3 is 0 Å². The second-order valence-electron chi connectivity index (χ2n) is 6.53. The lowest BCUT2D eigenvalue weighted by atomic mass is 10.1. The molecule has 2 aromatic rings. The van der Waals surface area contributed by atoms with Crippen molar-refractivity contribution in [1.29, 1.82) is 0 Å². The fraction of sp³-hybridized carbons (Fsp3) is 0.444. The van der Waals surface area contributed by atoms with E-state index in [2.05, 4.69) is 17.1 Å². The number of hydrogen-bond acceptors (Lipinski definition) is 4. The molecule has 23 heavy (non-hydrogen) atoms. The second-order valence-corrected chi connectivity index (χ2v) is 6.53. The van der Waals surface area contributed by atoms with Crippen LogP contribution in [0.3, 0.4) is 0 Å². The van der Waals surface area contributed by atoms with Crippen molar-refractivity contribution < 1.29 is 9.32 Å². The lowest BCUT2D eigenvalue weighted by Crippen LogP contribution is -2.39. The number of hydrogen-bond donors (Lipinski definition) is 0. The Labute approximate surface area is 135 Å². The van der Waals surface area contributed by atoms with Crippen LogP contribution in [0.15, 0.2) is 40.9 Å². The van der Waals surface area contributed by atoms with Crippen molar-refractivity contribution in [2.45, 2.75) is 31.3 Å². The van der Waals surface area contributed by atoms with Crippen LogP contribution in [0.2, 0.25) is 0 Å². The fourth-order valence-electron chi connectivity index (χ4n) is 3.77. The predicted octanol–water partition coefficient (Wildman–Crippen LogP) is 2.65. The minimum absolute atomic E-state index is 0.0168. The number of nitrogens with zero attached hydrogens (tertiary/aromatic N) is 3. The van der Waals surface area contributed by atoms with E-state index in [1.165, 1.54) is 12.8 Å². The van der Waals surface area contributed by atoms with E-state index in [-0.39, 0.29) is 5.91 Å². The summed E-state index contributed by atoms with van der Waals surface area (Å²) in [5.74, 6) is 0.624. The highest BCUT2D eigenvalue weighted by Crippen LogP contribution is 2.29. The average molecular weight is 311 g/mol. The van der Waals surface area contributed by atoms with E-state index in [4.69, 9.17) is 4.52 Å². The lowest BCUT2D eigenvalue weighted by molar-refractivity contribution is 0.0730. The molecule has 0 radical (unpaired) electrons. The van der Waals surface area contributed by atoms with Crippen LogP contribution in [-0.2, 0) is 0 Å². The average Bonchev–Trinajstić information content (AvgIpc) is 3.13. The minimum Gasteiger partial charge on any atom is -0.355 e. The van der Waals surface area contributed by atoms with E-state index >= 15 is 0 Å². The molecule has 120 valence electrons. The number of likely N-dealkylation sites (tertiary alicyclic amines) is 1. The van der Waals surface area contributed by atoms with Crippen molar-refractivity contribution in [2.75, 3.05) is 20.1 Å². The number of fused-ring (bicyclic) bond motifs is 2. The van der Waals surface area contributed by atoms with Gasteiger partial charge in [0, 0.05) is 36.8 Å². The first kappa shape index (κ1) is 14.5. The first-order valence-corrected chi connectivity index (χ1v) is 8.26. The summed E-state index contributed by atoms with van der Waals surface area (Å²) in [6.07, 6.45) is 3.48. The Kier molecular flexibility index (Phi) is 3.65. The Hall–Kier alpha value is -2.14. The number of rotatable bonds is 2. The molecule has 1 amide bonds. The van der Waals surface area contributed by atoms with Crippen LogP contribution in [0.25, 0.3) is 11.3 Å². The van der Waals surface area contributed by atoms with Crippen LogP contribution in [0.4, 0.5) is 0 Å². The van der Waals surface area contributed by atoms with Crippen LogP contribution in [-0.4, -0.2) is 53.1 Å². The molecule has 0 unspecified atom stereocenters. The molecule has 0 N–H and O–H groups in total. The third-order valence-corrected chi connectivity index (χ3v) is 5.22. The molecule has 0 saturated carbocycles. The molecular formula is C18H21N3O2. The van der Waals surface area contributed by atoms with Crippen LogP contribution >= 0.6 is 0 Å². The molecule has 2 saturated heterocycles. The molecule has 0 spiro atoms. The summed E-state index contributed by atoms with van der Waals surface area (Å²) >= 11 is 0. The highest BCUT2D eigenvalue weighted by Gasteiger charge is 2.36. The maximum absolute atomic E-state index is 12.8. The fourth-order valence-corrected chi connectivity index (χ4v) is 3.77. The molecule has 0 aliphatic carbocycles. The highest BCUT2D eigenvalue weighted by atomic mass is 16.5. The standard InChI is InChI=1S/C18H21N3O2/c1-20-14-7-8-15(20)12-21(10-9-14)18(22)16-11-17(23-19-16)13-5-3-2-4-6-13/h2-6,11,14-15H,7-10,12H2,1H3/t14-,15-/m1/s1. The summed E-state index contributed by atoms with van der Waals surface area (Å²) in [5, 5.41) is 4.00. The van der Waals surface area contributed by atoms with Gasteiger partial charge in [-0.25, -0.2) is 0 Å². The summed E-state index contributed by atoms with van der Waals surface area (Å²) < 4.78 is 5.37. The smallest absolute Gasteiger partial charge is 0.276 e. The Morgan fingerprint density at radius 2 is 1.96 bits per heavy atom. The van der Waals surface area contributed by atoms with E-state index in [1.807, 2.05) is 35.2 Å². The van der Waals surface area contributed by atoms with Crippen LogP contribution in [0.1, 0.15) is 29.8 Å². The number of carbonyl (C=O) groups is 1. The van der Waals surface area contributed by atoms with Crippen LogP contribution < -0.4 is 0 Å². The SMILES string of the molecule is CN1[C@@H]2CC[C@@H]1CN(C(=O)c1cc(-c3ccccc3)on1)CC2. The van der Waals surface area contributed by atoms with Gasteiger partial charge in [0.25, 0.3) is 5.91 Å². The number of carbonyl (C=O) groups excluding carboxylic acids is 1. The monoisotopic (exact) mass is 311 g/mol. The Morgan fingerprint density at radius 1 is 1.17 bits per heavy atom. The summed E-state index contributed by atoms with van der Waals surface area (Å²) in [5.41, 5.74) is 1.35. The predicted molar refractivity (Wildman–Crippen MR) is 87.0 cm³/mol. The van der Waals surface area contributed by atoms with Gasteiger partial charge in [-0.1, -0.05) is 35.5 Å². The normalized spacial score (nSPS) is 24.7. The van der Waals surface area contributed by atoms with Crippen molar-refractivity contribution in [2.24, 2.45) is 0 Å². The highest BCUT2D eigenvalue weighted by molar-refractivity contribution is 5.93. The number of likely N-dealkylation sites (N-methyl/N-ethyl adjacent to an activating group) is 1. The quantitative estimate of drug-likeness (QED) is 0.855. The number of aromatic nitrogens is 1. The molecule has 2 aliphatic rings. The van der Waals surface area contributed by atoms with E-state index in [9.17, 15) is 4.79 Å². The van der Waals surface area contributed by atoms with E-state index in [0.717, 1.165) is 25.1 Å². The summed E-state index contributed by atoms with van der Waals surface area (Å²) in [6, 6.07) is 12.6. The Bertz CT molecular complexity index is 697. The molecule has 3 heterocycles. The molecule has 5 nitrogen and oxygen atoms in total. The molecule has 2 aliphatic heterocycles. The van der Waals surface area contributed by atoms with Gasteiger partial charge in [-0.05, 0) is 26.3 Å². The van der Waals surface area contributed by atoms with Gasteiger partial charge in [0.05, 0.1) is 0 Å². The van der Waals surface area contributed by atoms with E-state index in [0.29, 0.717) is 23.5 Å². The van der Waals surface area contributed by atoms with Gasteiger partial charge in [-0.3, -0.25) is 9.69 Å². The second kappa shape index (κ2) is 5.81. The van der Waals surface area contributed by atoms with Crippen molar-refractivity contribution >= 4 is 5.91 Å². The zero-order valence-electron chi connectivity index (χ0n) is 13.3. The Balaban J connectivity index is 1.52.